The predicted octanol–water partition coefficient (Wildman–Crippen LogP) is 3.40. The summed E-state index contributed by atoms with van der Waals surface area (Å²) >= 11 is 6.36. The van der Waals surface area contributed by atoms with Gasteiger partial charge in [0.05, 0.1) is 12.1 Å². The van der Waals surface area contributed by atoms with Crippen LogP contribution in [0.2, 0.25) is 5.02 Å². The molecular weight excluding hydrogens is 234 g/mol. The lowest BCUT2D eigenvalue weighted by Crippen LogP contribution is -2.29. The van der Waals surface area contributed by atoms with Crippen LogP contribution in [0, 0.1) is 13.8 Å². The first-order chi connectivity index (χ1) is 8.13. The molecule has 2 unspecified atom stereocenters. The van der Waals surface area contributed by atoms with Gasteiger partial charge in [0.15, 0.2) is 0 Å². The van der Waals surface area contributed by atoms with Crippen LogP contribution in [-0.4, -0.2) is 19.8 Å². The molecule has 1 N–H and O–H groups in total. The maximum Gasteiger partial charge on any atom is 0.0771 e. The second kappa shape index (κ2) is 5.38. The van der Waals surface area contributed by atoms with Gasteiger partial charge in [0, 0.05) is 11.6 Å². The van der Waals surface area contributed by atoms with Crippen LogP contribution in [0.5, 0.6) is 0 Å². The van der Waals surface area contributed by atoms with Gasteiger partial charge in [-0.25, -0.2) is 0 Å². The topological polar surface area (TPSA) is 21.3 Å². The van der Waals surface area contributed by atoms with E-state index >= 15 is 0 Å². The fourth-order valence-corrected chi connectivity index (χ4v) is 2.78. The van der Waals surface area contributed by atoms with Gasteiger partial charge in [0.2, 0.25) is 0 Å². The Morgan fingerprint density at radius 1 is 1.35 bits per heavy atom. The van der Waals surface area contributed by atoms with Crippen molar-refractivity contribution in [1.82, 2.24) is 5.32 Å². The average molecular weight is 254 g/mol. The molecule has 1 saturated heterocycles. The van der Waals surface area contributed by atoms with Crippen molar-refractivity contribution in [1.29, 1.82) is 0 Å². The predicted molar refractivity (Wildman–Crippen MR) is 71.7 cm³/mol. The molecule has 3 heteroatoms. The molecule has 0 bridgehead atoms. The number of benzene rings is 1. The molecule has 0 aromatic heterocycles. The molecule has 2 atom stereocenters. The Morgan fingerprint density at radius 2 is 2.06 bits per heavy atom. The first-order valence-electron chi connectivity index (χ1n) is 6.19. The zero-order chi connectivity index (χ0) is 12.4. The number of likely N-dealkylation sites (N-methyl/N-ethyl adjacent to an activating group) is 1. The van der Waals surface area contributed by atoms with Gasteiger partial charge in [-0.2, -0.15) is 0 Å². The zero-order valence-corrected chi connectivity index (χ0v) is 11.5. The normalized spacial score (nSPS) is 21.8. The molecule has 1 heterocycles. The first-order valence-corrected chi connectivity index (χ1v) is 6.56. The molecule has 2 nitrogen and oxygen atoms in total. The number of hydrogen-bond donors (Lipinski definition) is 1. The Morgan fingerprint density at radius 3 is 2.65 bits per heavy atom. The van der Waals surface area contributed by atoms with Crippen molar-refractivity contribution in [2.24, 2.45) is 0 Å². The van der Waals surface area contributed by atoms with Crippen molar-refractivity contribution in [3.63, 3.8) is 0 Å². The third kappa shape index (κ3) is 2.65. The highest BCUT2D eigenvalue weighted by Gasteiger charge is 2.27. The number of nitrogens with one attached hydrogen (secondary N) is 1. The molecule has 94 valence electrons. The largest absolute Gasteiger partial charge is 0.376 e. The lowest BCUT2D eigenvalue weighted by Gasteiger charge is -2.24. The SMILES string of the molecule is CNC(c1cc(C)c(C)cc1Cl)C1CCCO1. The fourth-order valence-electron chi connectivity index (χ4n) is 2.45. The summed E-state index contributed by atoms with van der Waals surface area (Å²) in [6.07, 6.45) is 2.50. The van der Waals surface area contributed by atoms with Gasteiger partial charge >= 0.3 is 0 Å². The smallest absolute Gasteiger partial charge is 0.0771 e. The van der Waals surface area contributed by atoms with E-state index in [-0.39, 0.29) is 12.1 Å². The Kier molecular flexibility index (Phi) is 4.08. The van der Waals surface area contributed by atoms with Crippen molar-refractivity contribution < 1.29 is 4.74 Å². The van der Waals surface area contributed by atoms with E-state index in [0.717, 1.165) is 30.0 Å². The summed E-state index contributed by atoms with van der Waals surface area (Å²) < 4.78 is 5.76. The summed E-state index contributed by atoms with van der Waals surface area (Å²) in [6.45, 7) is 5.08. The van der Waals surface area contributed by atoms with E-state index < -0.39 is 0 Å². The highest BCUT2D eigenvalue weighted by molar-refractivity contribution is 6.31. The maximum absolute atomic E-state index is 6.36. The van der Waals surface area contributed by atoms with E-state index in [1.807, 2.05) is 13.1 Å². The minimum Gasteiger partial charge on any atom is -0.376 e. The number of rotatable bonds is 3. The van der Waals surface area contributed by atoms with Crippen LogP contribution in [-0.2, 0) is 4.74 Å². The van der Waals surface area contributed by atoms with Crippen molar-refractivity contribution in [3.8, 4) is 0 Å². The Hall–Kier alpha value is -0.570. The lowest BCUT2D eigenvalue weighted by molar-refractivity contribution is 0.0808. The molecule has 1 aromatic rings. The second-order valence-electron chi connectivity index (χ2n) is 4.78. The van der Waals surface area contributed by atoms with Crippen LogP contribution in [0.3, 0.4) is 0 Å². The van der Waals surface area contributed by atoms with Crippen LogP contribution >= 0.6 is 11.6 Å². The molecule has 0 aliphatic carbocycles. The van der Waals surface area contributed by atoms with Gasteiger partial charge < -0.3 is 10.1 Å². The fraction of sp³-hybridized carbons (Fsp3) is 0.571. The Bertz CT molecular complexity index is 399. The standard InChI is InChI=1S/C14H20ClNO/c1-9-7-11(12(15)8-10(9)2)14(16-3)13-5-4-6-17-13/h7-8,13-14,16H,4-6H2,1-3H3. The van der Waals surface area contributed by atoms with Crippen LogP contribution in [0.4, 0.5) is 0 Å². The van der Waals surface area contributed by atoms with E-state index in [2.05, 4.69) is 25.2 Å². The Balaban J connectivity index is 2.32. The van der Waals surface area contributed by atoms with Crippen molar-refractivity contribution >= 4 is 11.6 Å². The molecule has 1 aliphatic heterocycles. The summed E-state index contributed by atoms with van der Waals surface area (Å²) in [6, 6.07) is 4.43. The van der Waals surface area contributed by atoms with Crippen LogP contribution < -0.4 is 5.32 Å². The minimum absolute atomic E-state index is 0.198. The summed E-state index contributed by atoms with van der Waals surface area (Å²) in [5, 5.41) is 4.17. The van der Waals surface area contributed by atoms with Crippen molar-refractivity contribution in [2.45, 2.75) is 38.8 Å². The summed E-state index contributed by atoms with van der Waals surface area (Å²) in [5.74, 6) is 0. The van der Waals surface area contributed by atoms with Gasteiger partial charge in [-0.1, -0.05) is 17.7 Å². The van der Waals surface area contributed by atoms with Crippen molar-refractivity contribution in [2.75, 3.05) is 13.7 Å². The maximum atomic E-state index is 6.36. The number of hydrogen-bond acceptors (Lipinski definition) is 2. The molecule has 1 aliphatic rings. The van der Waals surface area contributed by atoms with Crippen molar-refractivity contribution in [3.05, 3.63) is 33.8 Å². The zero-order valence-electron chi connectivity index (χ0n) is 10.7. The number of ether oxygens (including phenoxy) is 1. The molecule has 17 heavy (non-hydrogen) atoms. The highest BCUT2D eigenvalue weighted by Crippen LogP contribution is 2.32. The van der Waals surface area contributed by atoms with Crippen LogP contribution in [0.1, 0.15) is 35.6 Å². The average Bonchev–Trinajstić information content (AvgIpc) is 2.80. The monoisotopic (exact) mass is 253 g/mol. The second-order valence-corrected chi connectivity index (χ2v) is 5.18. The van der Waals surface area contributed by atoms with Gasteiger partial charge in [0.25, 0.3) is 0 Å². The van der Waals surface area contributed by atoms with E-state index in [9.17, 15) is 0 Å². The molecular formula is C14H20ClNO. The van der Waals surface area contributed by atoms with E-state index in [1.54, 1.807) is 0 Å². The third-order valence-corrected chi connectivity index (χ3v) is 3.92. The molecule has 1 aromatic carbocycles. The van der Waals surface area contributed by atoms with E-state index in [1.165, 1.54) is 11.1 Å². The number of halogens is 1. The van der Waals surface area contributed by atoms with Gasteiger partial charge in [-0.3, -0.25) is 0 Å². The number of aryl methyl sites for hydroxylation is 2. The van der Waals surface area contributed by atoms with Crippen LogP contribution in [0.15, 0.2) is 12.1 Å². The molecule has 0 amide bonds. The lowest BCUT2D eigenvalue weighted by atomic mass is 9.96. The molecule has 2 rings (SSSR count). The molecule has 0 radical (unpaired) electrons. The highest BCUT2D eigenvalue weighted by atomic mass is 35.5. The summed E-state index contributed by atoms with van der Waals surface area (Å²) in [5.41, 5.74) is 3.67. The van der Waals surface area contributed by atoms with Gasteiger partial charge in [-0.05, 0) is 56.5 Å². The van der Waals surface area contributed by atoms with E-state index in [0.29, 0.717) is 0 Å². The molecule has 0 spiro atoms. The van der Waals surface area contributed by atoms with Crippen LogP contribution in [0.25, 0.3) is 0 Å². The van der Waals surface area contributed by atoms with Gasteiger partial charge in [0.1, 0.15) is 0 Å². The van der Waals surface area contributed by atoms with Gasteiger partial charge in [-0.15, -0.1) is 0 Å². The summed E-state index contributed by atoms with van der Waals surface area (Å²) in [4.78, 5) is 0. The molecule has 0 saturated carbocycles. The minimum atomic E-state index is 0.198. The Labute approximate surface area is 108 Å². The van der Waals surface area contributed by atoms with E-state index in [4.69, 9.17) is 16.3 Å². The third-order valence-electron chi connectivity index (χ3n) is 3.60. The quantitative estimate of drug-likeness (QED) is 0.892. The molecule has 1 fully saturated rings. The first kappa shape index (κ1) is 12.9. The summed E-state index contributed by atoms with van der Waals surface area (Å²) in [7, 11) is 1.97.